The van der Waals surface area contributed by atoms with Crippen LogP contribution in [-0.4, -0.2) is 21.9 Å². The van der Waals surface area contributed by atoms with Gasteiger partial charge in [-0.15, -0.1) is 0 Å². The minimum absolute atomic E-state index is 0.0865. The van der Waals surface area contributed by atoms with Gasteiger partial charge in [0, 0.05) is 13.1 Å². The standard InChI is InChI=1S/C12H11FN4O3/c1-7-15-11(14-2)6-12(16-7)20-10-4-3-8(13)5-9(10)17(18)19/h3-6H,1-2H3,(H,14,15,16). The van der Waals surface area contributed by atoms with E-state index in [0.717, 1.165) is 12.1 Å². The van der Waals surface area contributed by atoms with E-state index in [1.165, 1.54) is 12.1 Å². The van der Waals surface area contributed by atoms with Gasteiger partial charge in [0.05, 0.1) is 11.0 Å². The lowest BCUT2D eigenvalue weighted by molar-refractivity contribution is -0.385. The number of halogens is 1. The molecule has 0 saturated heterocycles. The molecule has 1 heterocycles. The normalized spacial score (nSPS) is 10.2. The second-order valence-electron chi connectivity index (χ2n) is 3.86. The Balaban J connectivity index is 2.39. The molecule has 0 unspecified atom stereocenters. The van der Waals surface area contributed by atoms with Crippen molar-refractivity contribution in [3.63, 3.8) is 0 Å². The van der Waals surface area contributed by atoms with Crippen LogP contribution in [-0.2, 0) is 0 Å². The summed E-state index contributed by atoms with van der Waals surface area (Å²) in [6.07, 6.45) is 0. The van der Waals surface area contributed by atoms with Gasteiger partial charge in [-0.1, -0.05) is 0 Å². The smallest absolute Gasteiger partial charge is 0.314 e. The molecule has 2 aromatic rings. The third-order valence-electron chi connectivity index (χ3n) is 2.40. The summed E-state index contributed by atoms with van der Waals surface area (Å²) in [5.74, 6) is 0.292. The number of hydrogen-bond acceptors (Lipinski definition) is 6. The molecule has 1 aromatic heterocycles. The molecule has 8 heteroatoms. The van der Waals surface area contributed by atoms with Gasteiger partial charge >= 0.3 is 5.69 Å². The summed E-state index contributed by atoms with van der Waals surface area (Å²) in [5.41, 5.74) is -0.465. The predicted molar refractivity (Wildman–Crippen MR) is 69.4 cm³/mol. The SMILES string of the molecule is CNc1cc(Oc2ccc(F)cc2[N+](=O)[O-])nc(C)n1. The molecule has 0 amide bonds. The molecule has 0 atom stereocenters. The second kappa shape index (κ2) is 5.47. The van der Waals surface area contributed by atoms with Crippen LogP contribution in [0.4, 0.5) is 15.9 Å². The fourth-order valence-corrected chi connectivity index (χ4v) is 1.55. The highest BCUT2D eigenvalue weighted by Crippen LogP contribution is 2.31. The molecule has 7 nitrogen and oxygen atoms in total. The zero-order chi connectivity index (χ0) is 14.7. The van der Waals surface area contributed by atoms with Gasteiger partial charge in [0.15, 0.2) is 0 Å². The Kier molecular flexibility index (Phi) is 3.74. The van der Waals surface area contributed by atoms with Crippen molar-refractivity contribution in [2.75, 3.05) is 12.4 Å². The largest absolute Gasteiger partial charge is 0.432 e. The van der Waals surface area contributed by atoms with E-state index in [0.29, 0.717) is 11.6 Å². The van der Waals surface area contributed by atoms with Crippen molar-refractivity contribution in [3.05, 3.63) is 46.0 Å². The van der Waals surface area contributed by atoms with Crippen molar-refractivity contribution < 1.29 is 14.1 Å². The van der Waals surface area contributed by atoms with Crippen LogP contribution in [0, 0.1) is 22.9 Å². The van der Waals surface area contributed by atoms with Crippen LogP contribution in [0.15, 0.2) is 24.3 Å². The summed E-state index contributed by atoms with van der Waals surface area (Å²) in [6, 6.07) is 4.54. The number of nitro benzene ring substituents is 1. The number of benzene rings is 1. The maximum atomic E-state index is 13.0. The molecule has 0 radical (unpaired) electrons. The molecule has 1 N–H and O–H groups in total. The maximum absolute atomic E-state index is 13.0. The molecular weight excluding hydrogens is 267 g/mol. The van der Waals surface area contributed by atoms with Crippen molar-refractivity contribution in [1.29, 1.82) is 0 Å². The number of anilines is 1. The number of nitro groups is 1. The van der Waals surface area contributed by atoms with Gasteiger partial charge in [0.25, 0.3) is 0 Å². The van der Waals surface area contributed by atoms with E-state index in [-0.39, 0.29) is 11.6 Å². The van der Waals surface area contributed by atoms with E-state index in [4.69, 9.17) is 4.74 Å². The van der Waals surface area contributed by atoms with Crippen LogP contribution >= 0.6 is 0 Å². The number of ether oxygens (including phenoxy) is 1. The van der Waals surface area contributed by atoms with Crippen molar-refractivity contribution >= 4 is 11.5 Å². The van der Waals surface area contributed by atoms with Crippen molar-refractivity contribution in [3.8, 4) is 11.6 Å². The van der Waals surface area contributed by atoms with Crippen molar-refractivity contribution in [2.24, 2.45) is 0 Å². The molecule has 0 bridgehead atoms. The van der Waals surface area contributed by atoms with E-state index < -0.39 is 16.4 Å². The average Bonchev–Trinajstić information content (AvgIpc) is 2.40. The van der Waals surface area contributed by atoms with Crippen LogP contribution in [0.25, 0.3) is 0 Å². The Hall–Kier alpha value is -2.77. The highest BCUT2D eigenvalue weighted by Gasteiger charge is 2.17. The highest BCUT2D eigenvalue weighted by atomic mass is 19.1. The maximum Gasteiger partial charge on any atom is 0.314 e. The fraction of sp³-hybridized carbons (Fsp3) is 0.167. The summed E-state index contributed by atoms with van der Waals surface area (Å²) < 4.78 is 18.4. The quantitative estimate of drug-likeness (QED) is 0.683. The third kappa shape index (κ3) is 2.97. The van der Waals surface area contributed by atoms with Gasteiger partial charge in [-0.05, 0) is 19.1 Å². The van der Waals surface area contributed by atoms with Gasteiger partial charge in [-0.25, -0.2) is 9.37 Å². The number of hydrogen-bond donors (Lipinski definition) is 1. The molecule has 0 fully saturated rings. The molecule has 0 aliphatic rings. The zero-order valence-corrected chi connectivity index (χ0v) is 10.8. The van der Waals surface area contributed by atoms with Gasteiger partial charge < -0.3 is 10.1 Å². The van der Waals surface area contributed by atoms with Gasteiger partial charge in [-0.2, -0.15) is 4.98 Å². The Morgan fingerprint density at radius 2 is 2.10 bits per heavy atom. The zero-order valence-electron chi connectivity index (χ0n) is 10.8. The van der Waals surface area contributed by atoms with Crippen molar-refractivity contribution in [2.45, 2.75) is 6.92 Å². The predicted octanol–water partition coefficient (Wildman–Crippen LogP) is 2.67. The summed E-state index contributed by atoms with van der Waals surface area (Å²) in [6.45, 7) is 1.66. The van der Waals surface area contributed by atoms with E-state index in [1.54, 1.807) is 14.0 Å². The Labute approximate surface area is 113 Å². The van der Waals surface area contributed by atoms with Crippen LogP contribution < -0.4 is 10.1 Å². The molecule has 0 spiro atoms. The summed E-state index contributed by atoms with van der Waals surface area (Å²) in [5, 5.41) is 13.7. The van der Waals surface area contributed by atoms with Gasteiger partial charge in [0.2, 0.25) is 11.6 Å². The summed E-state index contributed by atoms with van der Waals surface area (Å²) in [7, 11) is 1.67. The lowest BCUT2D eigenvalue weighted by Gasteiger charge is -2.07. The number of aryl methyl sites for hydroxylation is 1. The van der Waals surface area contributed by atoms with E-state index in [2.05, 4.69) is 15.3 Å². The molecule has 20 heavy (non-hydrogen) atoms. The van der Waals surface area contributed by atoms with E-state index >= 15 is 0 Å². The lowest BCUT2D eigenvalue weighted by atomic mass is 10.3. The molecule has 0 aliphatic carbocycles. The minimum atomic E-state index is -0.717. The molecule has 104 valence electrons. The first-order valence-corrected chi connectivity index (χ1v) is 5.65. The summed E-state index contributed by atoms with van der Waals surface area (Å²) in [4.78, 5) is 18.2. The number of nitrogens with zero attached hydrogens (tertiary/aromatic N) is 3. The van der Waals surface area contributed by atoms with Crippen molar-refractivity contribution in [1.82, 2.24) is 9.97 Å². The number of rotatable bonds is 4. The Morgan fingerprint density at radius 3 is 2.75 bits per heavy atom. The molecular formula is C12H11FN4O3. The second-order valence-corrected chi connectivity index (χ2v) is 3.86. The lowest BCUT2D eigenvalue weighted by Crippen LogP contribution is -2.00. The Morgan fingerprint density at radius 1 is 1.35 bits per heavy atom. The number of nitrogens with one attached hydrogen (secondary N) is 1. The van der Waals surface area contributed by atoms with Crippen LogP contribution in [0.3, 0.4) is 0 Å². The highest BCUT2D eigenvalue weighted by molar-refractivity contribution is 5.49. The topological polar surface area (TPSA) is 90.2 Å². The molecule has 2 rings (SSSR count). The van der Waals surface area contributed by atoms with E-state index in [9.17, 15) is 14.5 Å². The van der Waals surface area contributed by atoms with Gasteiger partial charge in [0.1, 0.15) is 17.5 Å². The first-order valence-electron chi connectivity index (χ1n) is 5.65. The van der Waals surface area contributed by atoms with Crippen LogP contribution in [0.5, 0.6) is 11.6 Å². The molecule has 0 saturated carbocycles. The Bertz CT molecular complexity index is 663. The molecule has 0 aliphatic heterocycles. The first kappa shape index (κ1) is 13.7. The van der Waals surface area contributed by atoms with Crippen LogP contribution in [0.1, 0.15) is 5.82 Å². The minimum Gasteiger partial charge on any atom is -0.432 e. The number of aromatic nitrogens is 2. The van der Waals surface area contributed by atoms with Crippen LogP contribution in [0.2, 0.25) is 0 Å². The first-order chi connectivity index (χ1) is 9.49. The fourth-order valence-electron chi connectivity index (χ4n) is 1.55. The summed E-state index contributed by atoms with van der Waals surface area (Å²) >= 11 is 0. The monoisotopic (exact) mass is 278 g/mol. The third-order valence-corrected chi connectivity index (χ3v) is 2.40. The van der Waals surface area contributed by atoms with Gasteiger partial charge in [-0.3, -0.25) is 10.1 Å². The van der Waals surface area contributed by atoms with E-state index in [1.807, 2.05) is 0 Å². The molecule has 1 aromatic carbocycles. The average molecular weight is 278 g/mol.